The van der Waals surface area contributed by atoms with E-state index in [-0.39, 0.29) is 5.54 Å². The van der Waals surface area contributed by atoms with E-state index < -0.39 is 0 Å². The van der Waals surface area contributed by atoms with Gasteiger partial charge >= 0.3 is 0 Å². The molecule has 0 amide bonds. The minimum Gasteiger partial charge on any atom is -0.493 e. The molecule has 3 nitrogen and oxygen atoms in total. The fourth-order valence-electron chi connectivity index (χ4n) is 2.75. The molecule has 0 aliphatic carbocycles. The Bertz CT molecular complexity index is 687. The predicted octanol–water partition coefficient (Wildman–Crippen LogP) is 3.97. The number of rotatable bonds is 5. The van der Waals surface area contributed by atoms with Crippen LogP contribution in [0.3, 0.4) is 0 Å². The van der Waals surface area contributed by atoms with Gasteiger partial charge in [-0.2, -0.15) is 0 Å². The maximum atomic E-state index is 5.93. The number of nitrogens with zero attached hydrogens (tertiary/aromatic N) is 1. The fraction of sp³-hybridized carbons (Fsp3) is 0.316. The largest absolute Gasteiger partial charge is 0.493 e. The topological polar surface area (TPSA) is 47.6 Å². The molecule has 23 heavy (non-hydrogen) atoms. The second-order valence-corrected chi connectivity index (χ2v) is 7.05. The van der Waals surface area contributed by atoms with Gasteiger partial charge in [0.25, 0.3) is 0 Å². The number of hydrogen-bond acceptors (Lipinski definition) is 4. The van der Waals surface area contributed by atoms with E-state index in [2.05, 4.69) is 48.3 Å². The SMILES string of the molecule is CC1(c2cccc(OCCc3ccccc3)c2)CCSC(N)=N1. The van der Waals surface area contributed by atoms with Gasteiger partial charge in [0, 0.05) is 12.2 Å². The molecule has 0 spiro atoms. The number of ether oxygens (including phenoxy) is 1. The van der Waals surface area contributed by atoms with E-state index in [1.165, 1.54) is 5.56 Å². The van der Waals surface area contributed by atoms with Gasteiger partial charge in [-0.1, -0.05) is 54.2 Å². The second-order valence-electron chi connectivity index (χ2n) is 5.93. The normalized spacial score (nSPS) is 20.8. The summed E-state index contributed by atoms with van der Waals surface area (Å²) in [6, 6.07) is 18.6. The van der Waals surface area contributed by atoms with Crippen molar-refractivity contribution < 1.29 is 4.74 Å². The van der Waals surface area contributed by atoms with E-state index in [4.69, 9.17) is 10.5 Å². The Morgan fingerprint density at radius 1 is 1.17 bits per heavy atom. The standard InChI is InChI=1S/C19H22N2OS/c1-19(11-13-23-18(20)21-19)16-8-5-9-17(14-16)22-12-10-15-6-3-2-4-7-15/h2-9,14H,10-13H2,1H3,(H2,20,21). The molecule has 0 saturated heterocycles. The highest BCUT2D eigenvalue weighted by Gasteiger charge is 2.29. The summed E-state index contributed by atoms with van der Waals surface area (Å²) >= 11 is 1.63. The third-order valence-corrected chi connectivity index (χ3v) is 4.95. The average Bonchev–Trinajstić information content (AvgIpc) is 2.56. The van der Waals surface area contributed by atoms with E-state index >= 15 is 0 Å². The van der Waals surface area contributed by atoms with Crippen molar-refractivity contribution in [1.82, 2.24) is 0 Å². The van der Waals surface area contributed by atoms with E-state index in [1.807, 2.05) is 18.2 Å². The van der Waals surface area contributed by atoms with Crippen LogP contribution in [-0.4, -0.2) is 17.5 Å². The zero-order valence-electron chi connectivity index (χ0n) is 13.4. The molecule has 2 aromatic carbocycles. The van der Waals surface area contributed by atoms with Gasteiger partial charge < -0.3 is 10.5 Å². The Kier molecular flexibility index (Phi) is 4.91. The number of thioether (sulfide) groups is 1. The monoisotopic (exact) mass is 326 g/mol. The molecular formula is C19H22N2OS. The molecule has 1 heterocycles. The minimum atomic E-state index is -0.242. The number of hydrogen-bond donors (Lipinski definition) is 1. The van der Waals surface area contributed by atoms with Crippen LogP contribution in [0.15, 0.2) is 59.6 Å². The molecule has 0 radical (unpaired) electrons. The fourth-order valence-corrected chi connectivity index (χ4v) is 3.72. The summed E-state index contributed by atoms with van der Waals surface area (Å²) in [6.45, 7) is 2.81. The number of aliphatic imine (C=N–C) groups is 1. The molecule has 4 heteroatoms. The Hall–Kier alpha value is -1.94. The van der Waals surface area contributed by atoms with Gasteiger partial charge in [-0.15, -0.1) is 0 Å². The first-order valence-electron chi connectivity index (χ1n) is 7.91. The molecule has 0 bridgehead atoms. The Morgan fingerprint density at radius 2 is 2.00 bits per heavy atom. The van der Waals surface area contributed by atoms with Crippen LogP contribution in [0.5, 0.6) is 5.75 Å². The third kappa shape index (κ3) is 4.08. The Morgan fingerprint density at radius 3 is 2.78 bits per heavy atom. The van der Waals surface area contributed by atoms with E-state index in [9.17, 15) is 0 Å². The summed E-state index contributed by atoms with van der Waals surface area (Å²) < 4.78 is 5.93. The number of amidine groups is 1. The van der Waals surface area contributed by atoms with Gasteiger partial charge in [-0.05, 0) is 36.6 Å². The molecular weight excluding hydrogens is 304 g/mol. The van der Waals surface area contributed by atoms with Crippen molar-refractivity contribution in [2.24, 2.45) is 10.7 Å². The van der Waals surface area contributed by atoms with Crippen molar-refractivity contribution in [3.8, 4) is 5.75 Å². The molecule has 1 atom stereocenters. The van der Waals surface area contributed by atoms with Crippen LogP contribution in [0.2, 0.25) is 0 Å². The van der Waals surface area contributed by atoms with Crippen LogP contribution < -0.4 is 10.5 Å². The van der Waals surface area contributed by atoms with Crippen LogP contribution in [-0.2, 0) is 12.0 Å². The Labute approximate surface area is 142 Å². The quantitative estimate of drug-likeness (QED) is 0.904. The van der Waals surface area contributed by atoms with Crippen molar-refractivity contribution in [3.63, 3.8) is 0 Å². The maximum Gasteiger partial charge on any atom is 0.154 e. The third-order valence-electron chi connectivity index (χ3n) is 4.15. The zero-order chi connectivity index (χ0) is 16.1. The van der Waals surface area contributed by atoms with E-state index in [0.29, 0.717) is 11.8 Å². The van der Waals surface area contributed by atoms with Gasteiger partial charge in [-0.3, -0.25) is 4.99 Å². The number of nitrogens with two attached hydrogens (primary N) is 1. The summed E-state index contributed by atoms with van der Waals surface area (Å²) in [5.41, 5.74) is 8.12. The van der Waals surface area contributed by atoms with E-state index in [0.717, 1.165) is 29.9 Å². The van der Waals surface area contributed by atoms with Crippen LogP contribution in [0.4, 0.5) is 0 Å². The predicted molar refractivity (Wildman–Crippen MR) is 98.1 cm³/mol. The maximum absolute atomic E-state index is 5.93. The van der Waals surface area contributed by atoms with Gasteiger partial charge in [0.15, 0.2) is 5.17 Å². The smallest absolute Gasteiger partial charge is 0.154 e. The summed E-state index contributed by atoms with van der Waals surface area (Å²) in [6.07, 6.45) is 1.90. The lowest BCUT2D eigenvalue weighted by atomic mass is 9.90. The zero-order valence-corrected chi connectivity index (χ0v) is 14.2. The molecule has 0 fully saturated rings. The minimum absolute atomic E-state index is 0.242. The van der Waals surface area contributed by atoms with Crippen molar-refractivity contribution in [3.05, 3.63) is 65.7 Å². The molecule has 0 aromatic heterocycles. The van der Waals surface area contributed by atoms with E-state index in [1.54, 1.807) is 11.8 Å². The van der Waals surface area contributed by atoms with Crippen molar-refractivity contribution in [2.75, 3.05) is 12.4 Å². The summed E-state index contributed by atoms with van der Waals surface area (Å²) in [5.74, 6) is 1.90. The second kappa shape index (κ2) is 7.09. The first kappa shape index (κ1) is 15.9. The lowest BCUT2D eigenvalue weighted by Gasteiger charge is -2.30. The van der Waals surface area contributed by atoms with Gasteiger partial charge in [0.05, 0.1) is 12.1 Å². The molecule has 3 rings (SSSR count). The summed E-state index contributed by atoms with van der Waals surface area (Å²) in [5, 5.41) is 0.675. The highest BCUT2D eigenvalue weighted by Crippen LogP contribution is 2.36. The molecule has 2 N–H and O–H groups in total. The molecule has 1 aliphatic rings. The van der Waals surface area contributed by atoms with Gasteiger partial charge in [-0.25, -0.2) is 0 Å². The average molecular weight is 326 g/mol. The lowest BCUT2D eigenvalue weighted by Crippen LogP contribution is -2.28. The van der Waals surface area contributed by atoms with Gasteiger partial charge in [0.1, 0.15) is 5.75 Å². The highest BCUT2D eigenvalue weighted by atomic mass is 32.2. The number of benzene rings is 2. The first-order valence-corrected chi connectivity index (χ1v) is 8.90. The molecule has 1 aliphatic heterocycles. The molecule has 120 valence electrons. The van der Waals surface area contributed by atoms with Crippen LogP contribution >= 0.6 is 11.8 Å². The summed E-state index contributed by atoms with van der Waals surface area (Å²) in [7, 11) is 0. The molecule has 1 unspecified atom stereocenters. The Balaban J connectivity index is 1.67. The van der Waals surface area contributed by atoms with Gasteiger partial charge in [0.2, 0.25) is 0 Å². The summed E-state index contributed by atoms with van der Waals surface area (Å²) in [4.78, 5) is 4.66. The van der Waals surface area contributed by atoms with Crippen LogP contribution in [0, 0.1) is 0 Å². The highest BCUT2D eigenvalue weighted by molar-refractivity contribution is 8.13. The van der Waals surface area contributed by atoms with Crippen molar-refractivity contribution in [1.29, 1.82) is 0 Å². The van der Waals surface area contributed by atoms with Crippen LogP contribution in [0.25, 0.3) is 0 Å². The van der Waals surface area contributed by atoms with Crippen molar-refractivity contribution in [2.45, 2.75) is 25.3 Å². The van der Waals surface area contributed by atoms with Crippen molar-refractivity contribution >= 4 is 16.9 Å². The van der Waals surface area contributed by atoms with Crippen LogP contribution in [0.1, 0.15) is 24.5 Å². The first-order chi connectivity index (χ1) is 11.2. The molecule has 2 aromatic rings. The lowest BCUT2D eigenvalue weighted by molar-refractivity contribution is 0.320. The molecule has 0 saturated carbocycles.